The van der Waals surface area contributed by atoms with Crippen LogP contribution < -0.4 is 9.47 Å². The maximum atomic E-state index is 6.12. The molecule has 118 valence electrons. The summed E-state index contributed by atoms with van der Waals surface area (Å²) >= 11 is 3.61. The minimum atomic E-state index is 0.120. The SMILES string of the molecule is COc1cc2c(cc1OC)C(CC(C)(C)CBr)OCCC2. The highest BCUT2D eigenvalue weighted by molar-refractivity contribution is 9.09. The maximum absolute atomic E-state index is 6.12. The average molecular weight is 357 g/mol. The molecule has 1 aromatic rings. The monoisotopic (exact) mass is 356 g/mol. The smallest absolute Gasteiger partial charge is 0.161 e. The zero-order chi connectivity index (χ0) is 15.5. The molecule has 4 heteroatoms. The fraction of sp³-hybridized carbons (Fsp3) is 0.647. The molecule has 0 aromatic heterocycles. The van der Waals surface area contributed by atoms with Gasteiger partial charge in [0.2, 0.25) is 0 Å². The van der Waals surface area contributed by atoms with E-state index in [2.05, 4.69) is 41.9 Å². The van der Waals surface area contributed by atoms with Crippen LogP contribution in [0.2, 0.25) is 0 Å². The number of benzene rings is 1. The van der Waals surface area contributed by atoms with Crippen molar-refractivity contribution in [1.29, 1.82) is 0 Å². The van der Waals surface area contributed by atoms with Crippen LogP contribution in [0.3, 0.4) is 0 Å². The summed E-state index contributed by atoms with van der Waals surface area (Å²) in [5.41, 5.74) is 2.76. The van der Waals surface area contributed by atoms with E-state index in [1.807, 2.05) is 0 Å². The lowest BCUT2D eigenvalue weighted by Crippen LogP contribution is -2.19. The Hall–Kier alpha value is -0.740. The first kappa shape index (κ1) is 16.6. The van der Waals surface area contributed by atoms with E-state index in [0.717, 1.165) is 42.7 Å². The van der Waals surface area contributed by atoms with Crippen LogP contribution in [-0.4, -0.2) is 26.2 Å². The summed E-state index contributed by atoms with van der Waals surface area (Å²) in [6, 6.07) is 4.20. The highest BCUT2D eigenvalue weighted by Crippen LogP contribution is 2.41. The number of aryl methyl sites for hydroxylation is 1. The summed E-state index contributed by atoms with van der Waals surface area (Å²) < 4.78 is 17.0. The summed E-state index contributed by atoms with van der Waals surface area (Å²) in [4.78, 5) is 0. The molecule has 1 unspecified atom stereocenters. The molecule has 0 saturated carbocycles. The number of alkyl halides is 1. The largest absolute Gasteiger partial charge is 0.493 e. The molecule has 1 heterocycles. The van der Waals surface area contributed by atoms with Gasteiger partial charge in [-0.25, -0.2) is 0 Å². The summed E-state index contributed by atoms with van der Waals surface area (Å²) in [7, 11) is 3.36. The first-order valence-electron chi connectivity index (χ1n) is 7.43. The molecule has 1 atom stereocenters. The molecular formula is C17H25BrO3. The van der Waals surface area contributed by atoms with Crippen molar-refractivity contribution >= 4 is 15.9 Å². The van der Waals surface area contributed by atoms with E-state index in [-0.39, 0.29) is 11.5 Å². The van der Waals surface area contributed by atoms with Gasteiger partial charge in [0.25, 0.3) is 0 Å². The highest BCUT2D eigenvalue weighted by atomic mass is 79.9. The molecule has 0 fully saturated rings. The van der Waals surface area contributed by atoms with Crippen LogP contribution in [0.1, 0.15) is 43.9 Å². The third-order valence-corrected chi connectivity index (χ3v) is 5.52. The Morgan fingerprint density at radius 2 is 1.90 bits per heavy atom. The van der Waals surface area contributed by atoms with Gasteiger partial charge >= 0.3 is 0 Å². The molecular weight excluding hydrogens is 332 g/mol. The van der Waals surface area contributed by atoms with Gasteiger partial charge in [0.1, 0.15) is 0 Å². The van der Waals surface area contributed by atoms with Crippen LogP contribution in [0, 0.1) is 5.41 Å². The fourth-order valence-corrected chi connectivity index (χ4v) is 2.99. The summed E-state index contributed by atoms with van der Waals surface area (Å²) in [5, 5.41) is 0.961. The zero-order valence-electron chi connectivity index (χ0n) is 13.4. The number of fused-ring (bicyclic) bond motifs is 1. The first-order valence-corrected chi connectivity index (χ1v) is 8.55. The highest BCUT2D eigenvalue weighted by Gasteiger charge is 2.28. The number of ether oxygens (including phenoxy) is 3. The Morgan fingerprint density at radius 3 is 2.52 bits per heavy atom. The van der Waals surface area contributed by atoms with Gasteiger partial charge in [-0.05, 0) is 47.9 Å². The molecule has 1 aromatic carbocycles. The second-order valence-corrected chi connectivity index (χ2v) is 6.93. The van der Waals surface area contributed by atoms with Crippen LogP contribution >= 0.6 is 15.9 Å². The van der Waals surface area contributed by atoms with Crippen molar-refractivity contribution in [3.05, 3.63) is 23.3 Å². The van der Waals surface area contributed by atoms with E-state index >= 15 is 0 Å². The van der Waals surface area contributed by atoms with Gasteiger partial charge in [0, 0.05) is 11.9 Å². The lowest BCUT2D eigenvalue weighted by atomic mass is 9.85. The van der Waals surface area contributed by atoms with Crippen molar-refractivity contribution in [1.82, 2.24) is 0 Å². The van der Waals surface area contributed by atoms with Crippen molar-refractivity contribution in [2.24, 2.45) is 5.41 Å². The van der Waals surface area contributed by atoms with E-state index in [0.29, 0.717) is 0 Å². The van der Waals surface area contributed by atoms with Crippen molar-refractivity contribution < 1.29 is 14.2 Å². The predicted octanol–water partition coefficient (Wildman–Crippen LogP) is 4.52. The standard InChI is InChI=1S/C17H25BrO3/c1-17(2,11-18)10-16-13-9-15(20-4)14(19-3)8-12(13)6-5-7-21-16/h8-9,16H,5-7,10-11H2,1-4H3. The lowest BCUT2D eigenvalue weighted by molar-refractivity contribution is 0.0290. The molecule has 0 radical (unpaired) electrons. The number of hydrogen-bond acceptors (Lipinski definition) is 3. The number of methoxy groups -OCH3 is 2. The molecule has 0 N–H and O–H groups in total. The molecule has 2 rings (SSSR count). The molecule has 0 amide bonds. The van der Waals surface area contributed by atoms with Crippen molar-refractivity contribution in [3.63, 3.8) is 0 Å². The molecule has 1 aliphatic heterocycles. The molecule has 21 heavy (non-hydrogen) atoms. The summed E-state index contributed by atoms with van der Waals surface area (Å²) in [6.45, 7) is 5.33. The molecule has 0 bridgehead atoms. The van der Waals surface area contributed by atoms with E-state index in [9.17, 15) is 0 Å². The Kier molecular flexibility index (Phi) is 5.55. The molecule has 1 aliphatic rings. The molecule has 3 nitrogen and oxygen atoms in total. The van der Waals surface area contributed by atoms with Gasteiger partial charge in [-0.15, -0.1) is 0 Å². The van der Waals surface area contributed by atoms with Gasteiger partial charge in [-0.1, -0.05) is 29.8 Å². The van der Waals surface area contributed by atoms with Crippen molar-refractivity contribution in [3.8, 4) is 11.5 Å². The van der Waals surface area contributed by atoms with Crippen LogP contribution in [0.5, 0.6) is 11.5 Å². The van der Waals surface area contributed by atoms with E-state index in [4.69, 9.17) is 14.2 Å². The van der Waals surface area contributed by atoms with Crippen LogP contribution in [0.4, 0.5) is 0 Å². The van der Waals surface area contributed by atoms with Gasteiger partial charge in [-0.3, -0.25) is 0 Å². The second kappa shape index (κ2) is 7.01. The summed E-state index contributed by atoms with van der Waals surface area (Å²) in [5.74, 6) is 1.58. The maximum Gasteiger partial charge on any atom is 0.161 e. The molecule has 0 saturated heterocycles. The molecule has 0 aliphatic carbocycles. The van der Waals surface area contributed by atoms with Gasteiger partial charge in [-0.2, -0.15) is 0 Å². The topological polar surface area (TPSA) is 27.7 Å². The van der Waals surface area contributed by atoms with Crippen molar-refractivity contribution in [2.45, 2.75) is 39.2 Å². The third-order valence-electron chi connectivity index (χ3n) is 4.00. The average Bonchev–Trinajstić information content (AvgIpc) is 2.67. The fourth-order valence-electron chi connectivity index (χ4n) is 2.76. The van der Waals surface area contributed by atoms with Gasteiger partial charge < -0.3 is 14.2 Å². The van der Waals surface area contributed by atoms with Crippen LogP contribution in [0.25, 0.3) is 0 Å². The summed E-state index contributed by atoms with van der Waals surface area (Å²) in [6.07, 6.45) is 3.19. The first-order chi connectivity index (χ1) is 10.0. The zero-order valence-corrected chi connectivity index (χ0v) is 15.0. The minimum Gasteiger partial charge on any atom is -0.493 e. The van der Waals surface area contributed by atoms with Crippen molar-refractivity contribution in [2.75, 3.05) is 26.2 Å². The van der Waals surface area contributed by atoms with E-state index < -0.39 is 0 Å². The molecule has 0 spiro atoms. The van der Waals surface area contributed by atoms with Crippen LogP contribution in [0.15, 0.2) is 12.1 Å². The lowest BCUT2D eigenvalue weighted by Gasteiger charge is -2.28. The normalized spacial score (nSPS) is 18.8. The number of hydrogen-bond donors (Lipinski definition) is 0. The van der Waals surface area contributed by atoms with Gasteiger partial charge in [0.15, 0.2) is 11.5 Å². The third kappa shape index (κ3) is 3.92. The minimum absolute atomic E-state index is 0.120. The van der Waals surface area contributed by atoms with E-state index in [1.165, 1.54) is 11.1 Å². The van der Waals surface area contributed by atoms with Gasteiger partial charge in [0.05, 0.1) is 20.3 Å². The van der Waals surface area contributed by atoms with Crippen LogP contribution in [-0.2, 0) is 11.2 Å². The quantitative estimate of drug-likeness (QED) is 0.726. The Balaban J connectivity index is 2.39. The Labute approximate surface area is 136 Å². The number of halogens is 1. The second-order valence-electron chi connectivity index (χ2n) is 6.37. The predicted molar refractivity (Wildman–Crippen MR) is 88.8 cm³/mol. The Bertz CT molecular complexity index is 485. The Morgan fingerprint density at radius 1 is 1.24 bits per heavy atom. The number of rotatable bonds is 5. The van der Waals surface area contributed by atoms with E-state index in [1.54, 1.807) is 14.2 Å².